The molecule has 3 aromatic carbocycles. The Bertz CT molecular complexity index is 2020. The highest BCUT2D eigenvalue weighted by atomic mass is 17.1. The van der Waals surface area contributed by atoms with Crippen molar-refractivity contribution in [1.29, 1.82) is 0 Å². The standard InChI is InChI=1S/C46H67N5O16/c1-29(2)34(20-31-16-17-39(61-8)41(23-31)62-19-11-18-60-7)24-38(49-44(54)65-35-14-9-12-32(21-35)26-63-50(56)57)40(25-37(30(3)4)42(52)48-28-46(5,6)43(47)53)67-45(55)66-36-15-10-13-33(22-36)27-64-51(58)59/h9-10,12-17,21-23,29-30,34,37-38,40,56-59H,11,18-20,24-28H2,1-8H3,(H2,47,53)(H,48,52)(H,49,54). The van der Waals surface area contributed by atoms with Crippen molar-refractivity contribution in [2.45, 2.75) is 92.6 Å². The summed E-state index contributed by atoms with van der Waals surface area (Å²) in [4.78, 5) is 63.4. The van der Waals surface area contributed by atoms with E-state index in [4.69, 9.17) is 59.8 Å². The molecule has 3 amide bonds. The van der Waals surface area contributed by atoms with Crippen molar-refractivity contribution in [3.05, 3.63) is 83.4 Å². The van der Waals surface area contributed by atoms with Crippen molar-refractivity contribution in [2.75, 3.05) is 34.0 Å². The fourth-order valence-corrected chi connectivity index (χ4v) is 6.82. The molecule has 0 aliphatic carbocycles. The SMILES string of the molecule is COCCCOc1cc(CC(CC(NC(=O)Oc2cccc(CON(O)O)c2)C(CC(C(=O)NCC(C)(C)C(N)=O)C(C)C)OC(=O)Oc2cccc(CON(O)O)c2)C(C)C)ccc1OC. The van der Waals surface area contributed by atoms with Crippen LogP contribution < -0.4 is 35.3 Å². The van der Waals surface area contributed by atoms with E-state index in [1.54, 1.807) is 52.3 Å². The Hall–Kier alpha value is -5.62. The molecule has 4 unspecified atom stereocenters. The van der Waals surface area contributed by atoms with Gasteiger partial charge in [-0.25, -0.2) is 19.3 Å². The molecule has 0 bridgehead atoms. The predicted octanol–water partition coefficient (Wildman–Crippen LogP) is 6.37. The minimum atomic E-state index is -1.26. The number of carbonyl (C=O) groups is 4. The van der Waals surface area contributed by atoms with Crippen LogP contribution in [0, 0.1) is 29.1 Å². The quantitative estimate of drug-likeness (QED) is 0.0172. The average Bonchev–Trinajstić information content (AvgIpc) is 3.26. The minimum Gasteiger partial charge on any atom is -0.493 e. The minimum absolute atomic E-state index is 0.0113. The number of amides is 3. The number of hydrogen-bond acceptors (Lipinski definition) is 18. The van der Waals surface area contributed by atoms with Crippen LogP contribution in [0.2, 0.25) is 0 Å². The number of ether oxygens (including phenoxy) is 6. The number of rotatable bonds is 29. The monoisotopic (exact) mass is 945 g/mol. The van der Waals surface area contributed by atoms with Crippen LogP contribution in [0.3, 0.4) is 0 Å². The Kier molecular flexibility index (Phi) is 23.2. The van der Waals surface area contributed by atoms with Crippen LogP contribution in [0.4, 0.5) is 9.59 Å². The second-order valence-corrected chi connectivity index (χ2v) is 17.2. The lowest BCUT2D eigenvalue weighted by molar-refractivity contribution is -0.497. The van der Waals surface area contributed by atoms with Gasteiger partial charge in [-0.3, -0.25) is 30.4 Å². The molecule has 21 heteroatoms. The Morgan fingerprint density at radius 3 is 1.90 bits per heavy atom. The molecule has 21 nitrogen and oxygen atoms in total. The fourth-order valence-electron chi connectivity index (χ4n) is 6.82. The lowest BCUT2D eigenvalue weighted by atomic mass is 9.80. The summed E-state index contributed by atoms with van der Waals surface area (Å²) < 4.78 is 34.2. The lowest BCUT2D eigenvalue weighted by Crippen LogP contribution is -2.51. The van der Waals surface area contributed by atoms with E-state index in [2.05, 4.69) is 15.5 Å². The van der Waals surface area contributed by atoms with Gasteiger partial charge in [0.25, 0.3) is 0 Å². The third-order valence-corrected chi connectivity index (χ3v) is 10.9. The molecule has 0 fully saturated rings. The zero-order valence-electron chi connectivity index (χ0n) is 39.3. The number of nitrogens with zero attached hydrogens (tertiary/aromatic N) is 2. The summed E-state index contributed by atoms with van der Waals surface area (Å²) in [6.07, 6.45) is -2.26. The molecule has 0 aromatic heterocycles. The molecule has 0 radical (unpaired) electrons. The second kappa shape index (κ2) is 27.9. The van der Waals surface area contributed by atoms with Crippen molar-refractivity contribution in [2.24, 2.45) is 34.8 Å². The van der Waals surface area contributed by atoms with E-state index in [0.717, 1.165) is 5.56 Å². The number of methoxy groups -OCH3 is 2. The van der Waals surface area contributed by atoms with E-state index in [1.807, 2.05) is 39.8 Å². The molecule has 0 aliphatic heterocycles. The molecule has 372 valence electrons. The maximum absolute atomic E-state index is 14.0. The largest absolute Gasteiger partial charge is 0.514 e. The zero-order chi connectivity index (χ0) is 49.7. The first kappa shape index (κ1) is 55.7. The fraction of sp³-hybridized carbons (Fsp3) is 0.522. The molecular weight excluding hydrogens is 879 g/mol. The first-order valence-corrected chi connectivity index (χ1v) is 21.7. The summed E-state index contributed by atoms with van der Waals surface area (Å²) in [5.74, 6) is -1.39. The van der Waals surface area contributed by atoms with Crippen molar-refractivity contribution in [3.8, 4) is 23.0 Å². The molecule has 0 spiro atoms. The van der Waals surface area contributed by atoms with Gasteiger partial charge < -0.3 is 44.8 Å². The zero-order valence-corrected chi connectivity index (χ0v) is 39.3. The molecule has 0 aliphatic rings. The van der Waals surface area contributed by atoms with Gasteiger partial charge in [0.2, 0.25) is 11.8 Å². The summed E-state index contributed by atoms with van der Waals surface area (Å²) >= 11 is 0. The summed E-state index contributed by atoms with van der Waals surface area (Å²) in [5, 5.41) is 40.9. The summed E-state index contributed by atoms with van der Waals surface area (Å²) in [5.41, 5.74) is 6.21. The van der Waals surface area contributed by atoms with E-state index < -0.39 is 58.3 Å². The van der Waals surface area contributed by atoms with Gasteiger partial charge in [0.1, 0.15) is 17.6 Å². The predicted molar refractivity (Wildman–Crippen MR) is 238 cm³/mol. The first-order chi connectivity index (χ1) is 31.7. The normalized spacial score (nSPS) is 13.5. The van der Waals surface area contributed by atoms with Gasteiger partial charge >= 0.3 is 12.2 Å². The summed E-state index contributed by atoms with van der Waals surface area (Å²) in [6, 6.07) is 16.7. The number of hydrogen-bond donors (Lipinski definition) is 7. The molecule has 0 heterocycles. The van der Waals surface area contributed by atoms with Crippen molar-refractivity contribution < 1.29 is 78.1 Å². The Balaban J connectivity index is 2.11. The van der Waals surface area contributed by atoms with Crippen LogP contribution in [0.1, 0.15) is 77.5 Å². The van der Waals surface area contributed by atoms with Gasteiger partial charge in [-0.2, -0.15) is 0 Å². The highest BCUT2D eigenvalue weighted by Gasteiger charge is 2.37. The highest BCUT2D eigenvalue weighted by molar-refractivity contribution is 5.83. The summed E-state index contributed by atoms with van der Waals surface area (Å²) in [7, 11) is 3.16. The van der Waals surface area contributed by atoms with Gasteiger partial charge in [-0.05, 0) is 104 Å². The van der Waals surface area contributed by atoms with Crippen LogP contribution in [0.25, 0.3) is 0 Å². The maximum atomic E-state index is 14.0. The third-order valence-electron chi connectivity index (χ3n) is 10.9. The van der Waals surface area contributed by atoms with Gasteiger partial charge in [0.15, 0.2) is 11.5 Å². The molecule has 3 aromatic rings. The van der Waals surface area contributed by atoms with E-state index >= 15 is 0 Å². The Morgan fingerprint density at radius 2 is 1.36 bits per heavy atom. The van der Waals surface area contributed by atoms with Crippen LogP contribution in [-0.4, -0.2) is 102 Å². The van der Waals surface area contributed by atoms with Gasteiger partial charge in [0, 0.05) is 32.6 Å². The number of carbonyl (C=O) groups excluding carboxylic acids is 4. The number of nitrogens with two attached hydrogens (primary N) is 1. The average molecular weight is 946 g/mol. The smallest absolute Gasteiger partial charge is 0.493 e. The van der Waals surface area contributed by atoms with Crippen LogP contribution in [-0.2, 0) is 48.4 Å². The van der Waals surface area contributed by atoms with E-state index in [-0.39, 0.29) is 61.9 Å². The number of primary amides is 1. The molecule has 8 N–H and O–H groups in total. The van der Waals surface area contributed by atoms with E-state index in [9.17, 15) is 19.2 Å². The van der Waals surface area contributed by atoms with Crippen LogP contribution in [0.5, 0.6) is 23.0 Å². The van der Waals surface area contributed by atoms with Crippen molar-refractivity contribution >= 4 is 24.1 Å². The van der Waals surface area contributed by atoms with Crippen LogP contribution >= 0.6 is 0 Å². The van der Waals surface area contributed by atoms with E-state index in [1.165, 1.54) is 30.3 Å². The molecule has 67 heavy (non-hydrogen) atoms. The topological polar surface area (TPSA) is 280 Å². The molecule has 3 rings (SSSR count). The highest BCUT2D eigenvalue weighted by Crippen LogP contribution is 2.33. The van der Waals surface area contributed by atoms with Gasteiger partial charge in [-0.15, -0.1) is 0 Å². The number of benzene rings is 3. The van der Waals surface area contributed by atoms with E-state index in [0.29, 0.717) is 48.7 Å². The maximum Gasteiger partial charge on any atom is 0.514 e. The molecule has 0 saturated carbocycles. The van der Waals surface area contributed by atoms with Gasteiger partial charge in [-0.1, -0.05) is 58.0 Å². The lowest BCUT2D eigenvalue weighted by Gasteiger charge is -2.34. The molecular formula is C46H67N5O16. The van der Waals surface area contributed by atoms with Gasteiger partial charge in [0.05, 0.1) is 49.2 Å². The van der Waals surface area contributed by atoms with Crippen LogP contribution in [0.15, 0.2) is 66.7 Å². The molecule has 4 atom stereocenters. The second-order valence-electron chi connectivity index (χ2n) is 17.2. The Morgan fingerprint density at radius 1 is 0.746 bits per heavy atom. The van der Waals surface area contributed by atoms with Crippen molar-refractivity contribution in [3.63, 3.8) is 0 Å². The summed E-state index contributed by atoms with van der Waals surface area (Å²) in [6.45, 7) is 11.1. The third kappa shape index (κ3) is 20.0. The first-order valence-electron chi connectivity index (χ1n) is 21.7. The Labute approximate surface area is 390 Å². The van der Waals surface area contributed by atoms with Crippen molar-refractivity contribution in [1.82, 2.24) is 21.4 Å². The molecule has 0 saturated heterocycles. The number of nitrogens with one attached hydrogen (secondary N) is 2.